The zero-order valence-electron chi connectivity index (χ0n) is 15.5. The van der Waals surface area contributed by atoms with Crippen LogP contribution < -0.4 is 10.1 Å². The first kappa shape index (κ1) is 19.3. The molecule has 0 saturated carbocycles. The first-order valence-electron chi connectivity index (χ1n) is 8.95. The van der Waals surface area contributed by atoms with Crippen molar-refractivity contribution < 1.29 is 27.4 Å². The van der Waals surface area contributed by atoms with Gasteiger partial charge in [0.15, 0.2) is 0 Å². The van der Waals surface area contributed by atoms with Crippen LogP contribution in [0.4, 0.5) is 13.2 Å². The number of halogens is 3. The van der Waals surface area contributed by atoms with Gasteiger partial charge >= 0.3 is 6.18 Å². The molecule has 6 nitrogen and oxygen atoms in total. The van der Waals surface area contributed by atoms with Crippen molar-refractivity contribution in [3.8, 4) is 5.75 Å². The minimum atomic E-state index is -4.43. The second kappa shape index (κ2) is 7.40. The number of nitrogens with zero attached hydrogens (tertiary/aromatic N) is 2. The zero-order chi connectivity index (χ0) is 20.6. The molecule has 1 aliphatic rings. The van der Waals surface area contributed by atoms with Gasteiger partial charge < -0.3 is 19.4 Å². The largest absolute Gasteiger partial charge is 0.497 e. The molecule has 1 atom stereocenters. The summed E-state index contributed by atoms with van der Waals surface area (Å²) in [5.74, 6) is 0.924. The van der Waals surface area contributed by atoms with Gasteiger partial charge in [-0.3, -0.25) is 4.79 Å². The lowest BCUT2D eigenvalue weighted by atomic mass is 10.1. The molecule has 0 spiro atoms. The lowest BCUT2D eigenvalue weighted by molar-refractivity contribution is -0.137. The lowest BCUT2D eigenvalue weighted by Gasteiger charge is -2.26. The molecule has 0 radical (unpaired) electrons. The van der Waals surface area contributed by atoms with Crippen LogP contribution in [0.1, 0.15) is 27.8 Å². The molecule has 0 saturated heterocycles. The molecule has 4 rings (SSSR count). The Hall–Kier alpha value is -3.07. The third-order valence-corrected chi connectivity index (χ3v) is 4.85. The molecule has 2 heterocycles. The summed E-state index contributed by atoms with van der Waals surface area (Å²) in [4.78, 5) is 16.7. The summed E-state index contributed by atoms with van der Waals surface area (Å²) in [7, 11) is 1.54. The smallest absolute Gasteiger partial charge is 0.416 e. The van der Waals surface area contributed by atoms with Crippen molar-refractivity contribution in [1.82, 2.24) is 14.9 Å². The van der Waals surface area contributed by atoms with Gasteiger partial charge in [-0.05, 0) is 42.5 Å². The second-order valence-electron chi connectivity index (χ2n) is 6.71. The van der Waals surface area contributed by atoms with Crippen LogP contribution in [0.5, 0.6) is 5.75 Å². The number of carbonyl (C=O) groups excluding carboxylic acids is 1. The summed E-state index contributed by atoms with van der Waals surface area (Å²) in [5.41, 5.74) is 0.575. The predicted octanol–water partition coefficient (Wildman–Crippen LogP) is 3.57. The molecule has 3 aromatic rings. The maximum Gasteiger partial charge on any atom is 0.416 e. The SMILES string of the molecule is COc1ccc(C(=O)NCC2COCc3nc4cc(C(F)(F)F)ccc4n32)cc1. The van der Waals surface area contributed by atoms with E-state index in [0.29, 0.717) is 29.3 Å². The number of carbonyl (C=O) groups is 1. The summed E-state index contributed by atoms with van der Waals surface area (Å²) in [6.07, 6.45) is -4.43. The van der Waals surface area contributed by atoms with E-state index < -0.39 is 11.7 Å². The van der Waals surface area contributed by atoms with Crippen molar-refractivity contribution >= 4 is 16.9 Å². The van der Waals surface area contributed by atoms with Gasteiger partial charge in [0.25, 0.3) is 5.91 Å². The monoisotopic (exact) mass is 405 g/mol. The summed E-state index contributed by atoms with van der Waals surface area (Å²) < 4.78 is 51.4. The van der Waals surface area contributed by atoms with E-state index in [1.54, 1.807) is 31.4 Å². The van der Waals surface area contributed by atoms with Crippen LogP contribution in [0.25, 0.3) is 11.0 Å². The number of rotatable bonds is 4. The molecule has 1 unspecified atom stereocenters. The van der Waals surface area contributed by atoms with E-state index in [1.165, 1.54) is 6.07 Å². The Morgan fingerprint density at radius 3 is 2.72 bits per heavy atom. The molecule has 152 valence electrons. The fourth-order valence-corrected chi connectivity index (χ4v) is 3.40. The number of hydrogen-bond donors (Lipinski definition) is 1. The van der Waals surface area contributed by atoms with Crippen molar-refractivity contribution in [2.45, 2.75) is 18.8 Å². The van der Waals surface area contributed by atoms with Crippen LogP contribution in [-0.4, -0.2) is 35.7 Å². The van der Waals surface area contributed by atoms with E-state index >= 15 is 0 Å². The summed E-state index contributed by atoms with van der Waals surface area (Å²) in [6.45, 7) is 0.783. The van der Waals surface area contributed by atoms with E-state index in [4.69, 9.17) is 9.47 Å². The fourth-order valence-electron chi connectivity index (χ4n) is 3.40. The Morgan fingerprint density at radius 2 is 2.03 bits per heavy atom. The van der Waals surface area contributed by atoms with Crippen LogP contribution >= 0.6 is 0 Å². The van der Waals surface area contributed by atoms with Gasteiger partial charge in [0.2, 0.25) is 0 Å². The minimum absolute atomic E-state index is 0.207. The van der Waals surface area contributed by atoms with Crippen molar-refractivity contribution in [1.29, 1.82) is 0 Å². The van der Waals surface area contributed by atoms with Gasteiger partial charge in [-0.25, -0.2) is 4.98 Å². The number of hydrogen-bond acceptors (Lipinski definition) is 4. The molecular weight excluding hydrogens is 387 g/mol. The van der Waals surface area contributed by atoms with Gasteiger partial charge in [0, 0.05) is 12.1 Å². The van der Waals surface area contributed by atoms with E-state index in [-0.39, 0.29) is 30.6 Å². The van der Waals surface area contributed by atoms with Gasteiger partial charge in [-0.2, -0.15) is 13.2 Å². The first-order valence-corrected chi connectivity index (χ1v) is 8.95. The van der Waals surface area contributed by atoms with Crippen molar-refractivity contribution in [2.75, 3.05) is 20.3 Å². The Kier molecular flexibility index (Phi) is 4.91. The fraction of sp³-hybridized carbons (Fsp3) is 0.300. The van der Waals surface area contributed by atoms with E-state index in [2.05, 4.69) is 10.3 Å². The topological polar surface area (TPSA) is 65.4 Å². The third-order valence-electron chi connectivity index (χ3n) is 4.85. The van der Waals surface area contributed by atoms with Crippen molar-refractivity contribution in [3.63, 3.8) is 0 Å². The Balaban J connectivity index is 1.55. The van der Waals surface area contributed by atoms with Gasteiger partial charge in [0.1, 0.15) is 18.2 Å². The van der Waals surface area contributed by atoms with Gasteiger partial charge in [0.05, 0.1) is 36.4 Å². The zero-order valence-corrected chi connectivity index (χ0v) is 15.5. The van der Waals surface area contributed by atoms with E-state index in [1.807, 2.05) is 4.57 Å². The van der Waals surface area contributed by atoms with Gasteiger partial charge in [-0.1, -0.05) is 0 Å². The second-order valence-corrected chi connectivity index (χ2v) is 6.71. The van der Waals surface area contributed by atoms with Crippen LogP contribution in [0, 0.1) is 0 Å². The molecule has 0 aliphatic carbocycles. The van der Waals surface area contributed by atoms with Crippen LogP contribution in [0.15, 0.2) is 42.5 Å². The number of benzene rings is 2. The first-order chi connectivity index (χ1) is 13.9. The highest BCUT2D eigenvalue weighted by Crippen LogP contribution is 2.33. The third kappa shape index (κ3) is 3.77. The summed E-state index contributed by atoms with van der Waals surface area (Å²) in [6, 6.07) is 9.91. The normalized spacial score (nSPS) is 16.5. The lowest BCUT2D eigenvalue weighted by Crippen LogP contribution is -2.35. The molecule has 1 amide bonds. The number of nitrogens with one attached hydrogen (secondary N) is 1. The summed E-state index contributed by atoms with van der Waals surface area (Å²) >= 11 is 0. The highest BCUT2D eigenvalue weighted by molar-refractivity contribution is 5.94. The Morgan fingerprint density at radius 1 is 1.28 bits per heavy atom. The molecule has 1 aromatic heterocycles. The highest BCUT2D eigenvalue weighted by atomic mass is 19.4. The quantitative estimate of drug-likeness (QED) is 0.721. The average molecular weight is 405 g/mol. The number of amides is 1. The molecule has 9 heteroatoms. The molecule has 1 N–H and O–H groups in total. The van der Waals surface area contributed by atoms with Crippen LogP contribution in [0.2, 0.25) is 0 Å². The maximum atomic E-state index is 13.0. The van der Waals surface area contributed by atoms with Crippen molar-refractivity contribution in [3.05, 3.63) is 59.4 Å². The standard InChI is InChI=1S/C20H18F3N3O3/c1-28-15-5-2-12(3-6-15)19(27)24-9-14-10-29-11-18-25-16-8-13(20(21,22)23)4-7-17(16)26(14)18/h2-8,14H,9-11H2,1H3,(H,24,27). The van der Waals surface area contributed by atoms with Crippen LogP contribution in [-0.2, 0) is 17.5 Å². The molecule has 0 fully saturated rings. The number of alkyl halides is 3. The van der Waals surface area contributed by atoms with E-state index in [9.17, 15) is 18.0 Å². The number of ether oxygens (including phenoxy) is 2. The highest BCUT2D eigenvalue weighted by Gasteiger charge is 2.32. The van der Waals surface area contributed by atoms with Gasteiger partial charge in [-0.15, -0.1) is 0 Å². The average Bonchev–Trinajstić information content (AvgIpc) is 3.09. The number of methoxy groups -OCH3 is 1. The molecule has 1 aliphatic heterocycles. The van der Waals surface area contributed by atoms with Crippen molar-refractivity contribution in [2.24, 2.45) is 0 Å². The Labute approximate surface area is 164 Å². The molecule has 29 heavy (non-hydrogen) atoms. The maximum absolute atomic E-state index is 13.0. The van der Waals surface area contributed by atoms with Crippen LogP contribution in [0.3, 0.4) is 0 Å². The molecule has 0 bridgehead atoms. The summed E-state index contributed by atoms with van der Waals surface area (Å²) in [5, 5.41) is 2.85. The number of fused-ring (bicyclic) bond motifs is 3. The minimum Gasteiger partial charge on any atom is -0.497 e. The molecule has 2 aromatic carbocycles. The number of aromatic nitrogens is 2. The van der Waals surface area contributed by atoms with E-state index in [0.717, 1.165) is 12.1 Å². The predicted molar refractivity (Wildman–Crippen MR) is 98.8 cm³/mol. The molecular formula is C20H18F3N3O3. The Bertz CT molecular complexity index is 1040. The number of imidazole rings is 1.